The van der Waals surface area contributed by atoms with Gasteiger partial charge in [0.2, 0.25) is 0 Å². The van der Waals surface area contributed by atoms with Crippen LogP contribution < -0.4 is 5.32 Å². The maximum absolute atomic E-state index is 6.18. The van der Waals surface area contributed by atoms with Crippen molar-refractivity contribution in [3.05, 3.63) is 24.2 Å². The molecule has 2 aliphatic rings. The number of anilines is 1. The zero-order chi connectivity index (χ0) is 16.4. The molecule has 3 heterocycles. The van der Waals surface area contributed by atoms with Crippen molar-refractivity contribution in [3.8, 4) is 11.5 Å². The van der Waals surface area contributed by atoms with Gasteiger partial charge in [0.1, 0.15) is 5.82 Å². The number of aromatic nitrogens is 3. The van der Waals surface area contributed by atoms with Gasteiger partial charge in [-0.25, -0.2) is 4.98 Å². The van der Waals surface area contributed by atoms with Gasteiger partial charge in [0.15, 0.2) is 5.82 Å². The van der Waals surface area contributed by atoms with Crippen molar-refractivity contribution >= 4 is 5.82 Å². The first-order chi connectivity index (χ1) is 11.7. The molecule has 1 unspecified atom stereocenters. The lowest BCUT2D eigenvalue weighted by Gasteiger charge is -2.43. The molecular formula is C18H24N4O2. The van der Waals surface area contributed by atoms with Crippen LogP contribution in [0.25, 0.3) is 11.5 Å². The van der Waals surface area contributed by atoms with Crippen LogP contribution in [0.15, 0.2) is 22.9 Å². The number of hydrogen-bond donors (Lipinski definition) is 1. The number of rotatable bonds is 3. The molecule has 0 radical (unpaired) electrons. The summed E-state index contributed by atoms with van der Waals surface area (Å²) in [6, 6.07) is 4.28. The second-order valence-corrected chi connectivity index (χ2v) is 7.00. The molecule has 0 aromatic carbocycles. The Morgan fingerprint density at radius 3 is 2.92 bits per heavy atom. The van der Waals surface area contributed by atoms with E-state index < -0.39 is 0 Å². The number of nitrogens with one attached hydrogen (secondary N) is 1. The molecule has 128 valence electrons. The van der Waals surface area contributed by atoms with Gasteiger partial charge in [-0.1, -0.05) is 24.4 Å². The van der Waals surface area contributed by atoms with Crippen molar-refractivity contribution in [2.24, 2.45) is 0 Å². The second-order valence-electron chi connectivity index (χ2n) is 7.00. The SMILES string of the molecule is Cc1noc(-c2ccnc(NC3CCOC4(CCCCC4)C3)c2)n1. The van der Waals surface area contributed by atoms with E-state index in [0.29, 0.717) is 17.8 Å². The van der Waals surface area contributed by atoms with Crippen molar-refractivity contribution < 1.29 is 9.26 Å². The number of hydrogen-bond acceptors (Lipinski definition) is 6. The number of aryl methyl sites for hydroxylation is 1. The fraction of sp³-hybridized carbons (Fsp3) is 0.611. The molecule has 2 aromatic heterocycles. The van der Waals surface area contributed by atoms with E-state index in [2.05, 4.69) is 20.4 Å². The monoisotopic (exact) mass is 328 g/mol. The van der Waals surface area contributed by atoms with Crippen LogP contribution in [0.1, 0.15) is 50.8 Å². The Morgan fingerprint density at radius 1 is 1.25 bits per heavy atom. The molecule has 1 saturated heterocycles. The van der Waals surface area contributed by atoms with Crippen molar-refractivity contribution in [2.45, 2.75) is 63.5 Å². The van der Waals surface area contributed by atoms with Gasteiger partial charge in [-0.05, 0) is 44.7 Å². The van der Waals surface area contributed by atoms with Gasteiger partial charge >= 0.3 is 0 Å². The second kappa shape index (κ2) is 6.51. The van der Waals surface area contributed by atoms with Crippen molar-refractivity contribution in [1.82, 2.24) is 15.1 Å². The van der Waals surface area contributed by atoms with E-state index in [4.69, 9.17) is 9.26 Å². The third-order valence-corrected chi connectivity index (χ3v) is 5.14. The van der Waals surface area contributed by atoms with Crippen LogP contribution in [0.2, 0.25) is 0 Å². The Bertz CT molecular complexity index is 688. The number of ether oxygens (including phenoxy) is 1. The minimum absolute atomic E-state index is 0.0926. The van der Waals surface area contributed by atoms with E-state index >= 15 is 0 Å². The van der Waals surface area contributed by atoms with E-state index in [1.165, 1.54) is 32.1 Å². The smallest absolute Gasteiger partial charge is 0.258 e. The number of pyridine rings is 1. The molecule has 0 amide bonds. The predicted molar refractivity (Wildman–Crippen MR) is 90.7 cm³/mol. The van der Waals surface area contributed by atoms with Gasteiger partial charge in [0.05, 0.1) is 5.60 Å². The summed E-state index contributed by atoms with van der Waals surface area (Å²) < 4.78 is 11.4. The molecule has 1 aliphatic carbocycles. The number of nitrogens with zero attached hydrogens (tertiary/aromatic N) is 3. The molecule has 6 heteroatoms. The van der Waals surface area contributed by atoms with Gasteiger partial charge in [0, 0.05) is 24.4 Å². The minimum atomic E-state index is 0.0926. The third kappa shape index (κ3) is 3.29. The summed E-state index contributed by atoms with van der Waals surface area (Å²) >= 11 is 0. The fourth-order valence-corrected chi connectivity index (χ4v) is 3.96. The molecule has 24 heavy (non-hydrogen) atoms. The van der Waals surface area contributed by atoms with E-state index in [1.807, 2.05) is 19.1 Å². The van der Waals surface area contributed by atoms with Crippen LogP contribution in [0.5, 0.6) is 0 Å². The summed E-state index contributed by atoms with van der Waals surface area (Å²) in [5, 5.41) is 7.44. The highest BCUT2D eigenvalue weighted by Crippen LogP contribution is 2.39. The predicted octanol–water partition coefficient (Wildman–Crippen LogP) is 3.73. The van der Waals surface area contributed by atoms with Gasteiger partial charge in [-0.3, -0.25) is 0 Å². The molecule has 1 aliphatic heterocycles. The highest BCUT2D eigenvalue weighted by molar-refractivity contribution is 5.58. The lowest BCUT2D eigenvalue weighted by molar-refractivity contribution is -0.103. The zero-order valence-electron chi connectivity index (χ0n) is 14.1. The lowest BCUT2D eigenvalue weighted by Crippen LogP contribution is -2.45. The summed E-state index contributed by atoms with van der Waals surface area (Å²) in [5.41, 5.74) is 0.989. The van der Waals surface area contributed by atoms with Gasteiger partial charge in [0.25, 0.3) is 5.89 Å². The van der Waals surface area contributed by atoms with Crippen LogP contribution in [-0.4, -0.2) is 33.4 Å². The molecular weight excluding hydrogens is 304 g/mol. The van der Waals surface area contributed by atoms with E-state index in [9.17, 15) is 0 Å². The normalized spacial score (nSPS) is 23.3. The molecule has 1 saturated carbocycles. The zero-order valence-corrected chi connectivity index (χ0v) is 14.1. The van der Waals surface area contributed by atoms with Crippen LogP contribution in [-0.2, 0) is 4.74 Å². The largest absolute Gasteiger partial charge is 0.375 e. The van der Waals surface area contributed by atoms with Crippen LogP contribution in [0.3, 0.4) is 0 Å². The Kier molecular flexibility index (Phi) is 4.22. The van der Waals surface area contributed by atoms with Crippen molar-refractivity contribution in [2.75, 3.05) is 11.9 Å². The first-order valence-corrected chi connectivity index (χ1v) is 8.90. The summed E-state index contributed by atoms with van der Waals surface area (Å²) in [6.07, 6.45) is 10.2. The van der Waals surface area contributed by atoms with Crippen LogP contribution in [0.4, 0.5) is 5.82 Å². The van der Waals surface area contributed by atoms with Crippen molar-refractivity contribution in [3.63, 3.8) is 0 Å². The third-order valence-electron chi connectivity index (χ3n) is 5.14. The average Bonchev–Trinajstić information content (AvgIpc) is 3.02. The van der Waals surface area contributed by atoms with E-state index in [0.717, 1.165) is 30.8 Å². The molecule has 2 aromatic rings. The molecule has 1 atom stereocenters. The Morgan fingerprint density at radius 2 is 2.12 bits per heavy atom. The summed E-state index contributed by atoms with van der Waals surface area (Å²) in [4.78, 5) is 8.74. The van der Waals surface area contributed by atoms with Gasteiger partial charge in [-0.15, -0.1) is 0 Å². The Hall–Kier alpha value is -1.95. The van der Waals surface area contributed by atoms with Crippen LogP contribution in [0, 0.1) is 6.92 Å². The molecule has 6 nitrogen and oxygen atoms in total. The maximum atomic E-state index is 6.18. The standard InChI is InChI=1S/C18H24N4O2/c1-13-20-17(24-22-13)14-5-9-19-16(11-14)21-15-6-10-23-18(12-15)7-3-2-4-8-18/h5,9,11,15H,2-4,6-8,10,12H2,1H3,(H,19,21). The highest BCUT2D eigenvalue weighted by atomic mass is 16.5. The molecule has 0 bridgehead atoms. The molecule has 4 rings (SSSR count). The summed E-state index contributed by atoms with van der Waals surface area (Å²) in [5.74, 6) is 2.04. The quantitative estimate of drug-likeness (QED) is 0.925. The Labute approximate surface area is 142 Å². The molecule has 1 N–H and O–H groups in total. The first kappa shape index (κ1) is 15.6. The van der Waals surface area contributed by atoms with Crippen molar-refractivity contribution in [1.29, 1.82) is 0 Å². The Balaban J connectivity index is 1.47. The van der Waals surface area contributed by atoms with Gasteiger partial charge < -0.3 is 14.6 Å². The summed E-state index contributed by atoms with van der Waals surface area (Å²) in [6.45, 7) is 2.65. The van der Waals surface area contributed by atoms with Gasteiger partial charge in [-0.2, -0.15) is 4.98 Å². The van der Waals surface area contributed by atoms with Crippen LogP contribution >= 0.6 is 0 Å². The topological polar surface area (TPSA) is 73.1 Å². The first-order valence-electron chi connectivity index (χ1n) is 8.90. The maximum Gasteiger partial charge on any atom is 0.258 e. The fourth-order valence-electron chi connectivity index (χ4n) is 3.96. The van der Waals surface area contributed by atoms with E-state index in [1.54, 1.807) is 6.20 Å². The van der Waals surface area contributed by atoms with E-state index in [-0.39, 0.29) is 5.60 Å². The molecule has 2 fully saturated rings. The molecule has 1 spiro atoms. The highest BCUT2D eigenvalue weighted by Gasteiger charge is 2.38. The minimum Gasteiger partial charge on any atom is -0.375 e. The summed E-state index contributed by atoms with van der Waals surface area (Å²) in [7, 11) is 0. The average molecular weight is 328 g/mol. The lowest BCUT2D eigenvalue weighted by atomic mass is 9.78.